The van der Waals surface area contributed by atoms with Gasteiger partial charge in [-0.2, -0.15) is 10.2 Å². The Morgan fingerprint density at radius 2 is 2.09 bits per heavy atom. The van der Waals surface area contributed by atoms with Gasteiger partial charge in [0.25, 0.3) is 0 Å². The Labute approximate surface area is 124 Å². The lowest BCUT2D eigenvalue weighted by Gasteiger charge is -2.06. The summed E-state index contributed by atoms with van der Waals surface area (Å²) in [6.45, 7) is 4.35. The SMILES string of the molecule is CCn1cc(-c2n[nH]c(=O)n2-c2ccc(F)cc2F)c(C)n1. The van der Waals surface area contributed by atoms with Crippen molar-refractivity contribution in [1.82, 2.24) is 24.5 Å². The minimum atomic E-state index is -0.842. The summed E-state index contributed by atoms with van der Waals surface area (Å²) in [5, 5.41) is 10.5. The Hall–Kier alpha value is -2.77. The van der Waals surface area contributed by atoms with Gasteiger partial charge >= 0.3 is 5.69 Å². The molecule has 2 aromatic heterocycles. The summed E-state index contributed by atoms with van der Waals surface area (Å²) in [5.41, 5.74) is 0.580. The normalized spacial score (nSPS) is 11.1. The molecule has 0 unspecified atom stereocenters. The monoisotopic (exact) mass is 305 g/mol. The Morgan fingerprint density at radius 1 is 1.32 bits per heavy atom. The number of halogens is 2. The average molecular weight is 305 g/mol. The molecule has 0 spiro atoms. The summed E-state index contributed by atoms with van der Waals surface area (Å²) in [6.07, 6.45) is 1.73. The van der Waals surface area contributed by atoms with Crippen LogP contribution in [0.5, 0.6) is 0 Å². The van der Waals surface area contributed by atoms with E-state index in [9.17, 15) is 13.6 Å². The fraction of sp³-hybridized carbons (Fsp3) is 0.214. The third kappa shape index (κ3) is 2.22. The molecule has 0 fully saturated rings. The van der Waals surface area contributed by atoms with Crippen molar-refractivity contribution in [3.05, 3.63) is 52.2 Å². The molecule has 8 heteroatoms. The number of aromatic nitrogens is 5. The highest BCUT2D eigenvalue weighted by Crippen LogP contribution is 2.23. The molecule has 0 saturated carbocycles. The zero-order valence-electron chi connectivity index (χ0n) is 12.0. The molecule has 22 heavy (non-hydrogen) atoms. The minimum absolute atomic E-state index is 0.0706. The van der Waals surface area contributed by atoms with Gasteiger partial charge in [-0.3, -0.25) is 4.68 Å². The topological polar surface area (TPSA) is 68.5 Å². The fourth-order valence-corrected chi connectivity index (χ4v) is 2.26. The number of nitrogens with one attached hydrogen (secondary N) is 1. The van der Waals surface area contributed by atoms with E-state index in [1.165, 1.54) is 6.07 Å². The number of rotatable bonds is 3. The molecule has 0 aliphatic rings. The minimum Gasteiger partial charge on any atom is -0.272 e. The van der Waals surface area contributed by atoms with Crippen LogP contribution in [-0.2, 0) is 6.54 Å². The summed E-state index contributed by atoms with van der Waals surface area (Å²) in [6, 6.07) is 3.01. The highest BCUT2D eigenvalue weighted by atomic mass is 19.1. The number of hydrogen-bond donors (Lipinski definition) is 1. The van der Waals surface area contributed by atoms with Gasteiger partial charge in [-0.25, -0.2) is 23.2 Å². The number of aromatic amines is 1. The number of benzene rings is 1. The van der Waals surface area contributed by atoms with Crippen molar-refractivity contribution in [3.63, 3.8) is 0 Å². The third-order valence-corrected chi connectivity index (χ3v) is 3.33. The standard InChI is InChI=1S/C14H13F2N5O/c1-3-20-7-10(8(2)19-20)13-17-18-14(22)21(13)12-5-4-9(15)6-11(12)16/h4-7H,3H2,1-2H3,(H,18,22). The van der Waals surface area contributed by atoms with Crippen molar-refractivity contribution in [2.24, 2.45) is 0 Å². The molecular weight excluding hydrogens is 292 g/mol. The van der Waals surface area contributed by atoms with Crippen molar-refractivity contribution in [1.29, 1.82) is 0 Å². The summed E-state index contributed by atoms with van der Waals surface area (Å²) < 4.78 is 29.8. The molecule has 114 valence electrons. The van der Waals surface area contributed by atoms with Gasteiger partial charge in [0, 0.05) is 18.8 Å². The van der Waals surface area contributed by atoms with E-state index in [0.29, 0.717) is 17.8 Å². The van der Waals surface area contributed by atoms with E-state index in [2.05, 4.69) is 15.3 Å². The molecule has 0 radical (unpaired) electrons. The Balaban J connectivity index is 2.23. The predicted octanol–water partition coefficient (Wildman–Crippen LogP) is 2.03. The average Bonchev–Trinajstić information content (AvgIpc) is 3.02. The molecule has 2 heterocycles. The smallest absolute Gasteiger partial charge is 0.272 e. The van der Waals surface area contributed by atoms with E-state index in [1.54, 1.807) is 17.8 Å². The van der Waals surface area contributed by atoms with Gasteiger partial charge in [0.1, 0.15) is 11.6 Å². The summed E-state index contributed by atoms with van der Waals surface area (Å²) in [7, 11) is 0. The molecule has 0 amide bonds. The van der Waals surface area contributed by atoms with Crippen LogP contribution >= 0.6 is 0 Å². The molecule has 1 N–H and O–H groups in total. The summed E-state index contributed by atoms with van der Waals surface area (Å²) in [4.78, 5) is 12.0. The third-order valence-electron chi connectivity index (χ3n) is 3.33. The van der Waals surface area contributed by atoms with Gasteiger partial charge < -0.3 is 0 Å². The maximum Gasteiger partial charge on any atom is 0.348 e. The van der Waals surface area contributed by atoms with Crippen LogP contribution in [0.2, 0.25) is 0 Å². The summed E-state index contributed by atoms with van der Waals surface area (Å²) >= 11 is 0. The lowest BCUT2D eigenvalue weighted by atomic mass is 10.2. The second-order valence-corrected chi connectivity index (χ2v) is 4.77. The highest BCUT2D eigenvalue weighted by molar-refractivity contribution is 5.59. The van der Waals surface area contributed by atoms with E-state index in [-0.39, 0.29) is 11.5 Å². The molecule has 0 bridgehead atoms. The van der Waals surface area contributed by atoms with Crippen molar-refractivity contribution < 1.29 is 8.78 Å². The van der Waals surface area contributed by atoms with Gasteiger partial charge in [0.2, 0.25) is 0 Å². The molecule has 0 aliphatic carbocycles. The predicted molar refractivity (Wildman–Crippen MR) is 75.7 cm³/mol. The van der Waals surface area contributed by atoms with Crippen molar-refractivity contribution in [2.45, 2.75) is 20.4 Å². The van der Waals surface area contributed by atoms with Crippen LogP contribution in [0, 0.1) is 18.6 Å². The largest absolute Gasteiger partial charge is 0.348 e. The van der Waals surface area contributed by atoms with Crippen LogP contribution < -0.4 is 5.69 Å². The van der Waals surface area contributed by atoms with Gasteiger partial charge in [0.05, 0.1) is 16.9 Å². The van der Waals surface area contributed by atoms with Gasteiger partial charge in [-0.1, -0.05) is 0 Å². The fourth-order valence-electron chi connectivity index (χ4n) is 2.26. The second kappa shape index (κ2) is 5.21. The molecule has 3 rings (SSSR count). The van der Waals surface area contributed by atoms with E-state index in [4.69, 9.17) is 0 Å². The van der Waals surface area contributed by atoms with Crippen molar-refractivity contribution in [2.75, 3.05) is 0 Å². The van der Waals surface area contributed by atoms with Gasteiger partial charge in [-0.15, -0.1) is 0 Å². The highest BCUT2D eigenvalue weighted by Gasteiger charge is 2.19. The van der Waals surface area contributed by atoms with Crippen LogP contribution in [0.3, 0.4) is 0 Å². The first kappa shape index (κ1) is 14.2. The van der Waals surface area contributed by atoms with E-state index in [1.807, 2.05) is 6.92 Å². The Bertz CT molecular complexity index is 893. The Kier molecular flexibility index (Phi) is 3.36. The maximum atomic E-state index is 14.0. The first-order chi connectivity index (χ1) is 10.5. The van der Waals surface area contributed by atoms with Gasteiger partial charge in [0.15, 0.2) is 5.82 Å². The first-order valence-corrected chi connectivity index (χ1v) is 6.68. The number of nitrogens with zero attached hydrogens (tertiary/aromatic N) is 4. The molecule has 3 aromatic rings. The van der Waals surface area contributed by atoms with E-state index in [0.717, 1.165) is 16.7 Å². The van der Waals surface area contributed by atoms with Crippen LogP contribution in [0.1, 0.15) is 12.6 Å². The maximum absolute atomic E-state index is 14.0. The molecule has 0 atom stereocenters. The number of hydrogen-bond acceptors (Lipinski definition) is 3. The molecule has 0 aliphatic heterocycles. The second-order valence-electron chi connectivity index (χ2n) is 4.77. The van der Waals surface area contributed by atoms with Crippen LogP contribution in [0.4, 0.5) is 8.78 Å². The van der Waals surface area contributed by atoms with Crippen LogP contribution in [0.15, 0.2) is 29.2 Å². The zero-order valence-corrected chi connectivity index (χ0v) is 12.0. The van der Waals surface area contributed by atoms with Gasteiger partial charge in [-0.05, 0) is 26.0 Å². The molecule has 1 aromatic carbocycles. The van der Waals surface area contributed by atoms with Crippen LogP contribution in [0.25, 0.3) is 17.1 Å². The lowest BCUT2D eigenvalue weighted by molar-refractivity contribution is 0.577. The first-order valence-electron chi connectivity index (χ1n) is 6.68. The zero-order chi connectivity index (χ0) is 15.9. The molecular formula is C14H13F2N5O. The molecule has 6 nitrogen and oxygen atoms in total. The van der Waals surface area contributed by atoms with Crippen molar-refractivity contribution in [3.8, 4) is 17.1 Å². The van der Waals surface area contributed by atoms with E-state index >= 15 is 0 Å². The number of H-pyrrole nitrogens is 1. The number of aryl methyl sites for hydroxylation is 2. The lowest BCUT2D eigenvalue weighted by Crippen LogP contribution is -2.17. The van der Waals surface area contributed by atoms with Crippen molar-refractivity contribution >= 4 is 0 Å². The molecule has 0 saturated heterocycles. The quantitative estimate of drug-likeness (QED) is 0.805. The van der Waals surface area contributed by atoms with Crippen LogP contribution in [-0.4, -0.2) is 24.5 Å². The van der Waals surface area contributed by atoms with E-state index < -0.39 is 17.3 Å². The summed E-state index contributed by atoms with van der Waals surface area (Å²) in [5.74, 6) is -1.33. The Morgan fingerprint density at radius 3 is 2.73 bits per heavy atom.